The number of carbonyl (C=O) groups is 1. The van der Waals surface area contributed by atoms with Crippen LogP contribution in [0.4, 0.5) is 0 Å². The maximum Gasteiger partial charge on any atom is 0.263 e. The van der Waals surface area contributed by atoms with E-state index < -0.39 is 6.10 Å². The van der Waals surface area contributed by atoms with E-state index in [4.69, 9.17) is 4.74 Å². The van der Waals surface area contributed by atoms with Gasteiger partial charge in [-0.25, -0.2) is 0 Å². The number of nitrogens with zero attached hydrogens (tertiary/aromatic N) is 1. The molecule has 1 atom stereocenters. The molecule has 1 amide bonds. The third kappa shape index (κ3) is 4.23. The molecule has 122 valence electrons. The first-order valence-electron chi connectivity index (χ1n) is 8.23. The lowest BCUT2D eigenvalue weighted by Crippen LogP contribution is -2.48. The van der Waals surface area contributed by atoms with Gasteiger partial charge in [-0.3, -0.25) is 4.79 Å². The topological polar surface area (TPSA) is 41.6 Å². The minimum absolute atomic E-state index is 0.0573. The Balaban J connectivity index is 1.97. The van der Waals surface area contributed by atoms with Gasteiger partial charge >= 0.3 is 0 Å². The van der Waals surface area contributed by atoms with Crippen molar-refractivity contribution in [3.8, 4) is 5.75 Å². The van der Waals surface area contributed by atoms with Crippen LogP contribution in [-0.2, 0) is 4.79 Å². The van der Waals surface area contributed by atoms with Gasteiger partial charge in [0.05, 0.1) is 0 Å². The first kappa shape index (κ1) is 16.8. The number of benzene rings is 1. The van der Waals surface area contributed by atoms with Gasteiger partial charge in [0.15, 0.2) is 6.10 Å². The molecule has 1 saturated heterocycles. The van der Waals surface area contributed by atoms with E-state index in [2.05, 4.69) is 25.2 Å². The summed E-state index contributed by atoms with van der Waals surface area (Å²) >= 11 is 0. The average Bonchev–Trinajstić information content (AvgIpc) is 2.54. The van der Waals surface area contributed by atoms with Crippen LogP contribution in [0.15, 0.2) is 24.3 Å². The Morgan fingerprint density at radius 2 is 1.95 bits per heavy atom. The number of carbonyl (C=O) groups excluding carboxylic acids is 1. The summed E-state index contributed by atoms with van der Waals surface area (Å²) in [5, 5.41) is 3.33. The second kappa shape index (κ2) is 7.63. The van der Waals surface area contributed by atoms with E-state index in [0.717, 1.165) is 31.7 Å². The van der Waals surface area contributed by atoms with Crippen LogP contribution in [0.5, 0.6) is 5.75 Å². The normalized spacial score (nSPS) is 17.3. The molecule has 0 aliphatic carbocycles. The molecular formula is C18H28N2O2. The fourth-order valence-corrected chi connectivity index (χ4v) is 2.86. The zero-order valence-electron chi connectivity index (χ0n) is 14.1. The molecular weight excluding hydrogens is 276 g/mol. The lowest BCUT2D eigenvalue weighted by molar-refractivity contribution is -0.139. The average molecular weight is 304 g/mol. The molecule has 0 spiro atoms. The monoisotopic (exact) mass is 304 g/mol. The van der Waals surface area contributed by atoms with E-state index in [0.29, 0.717) is 12.0 Å². The molecule has 0 saturated carbocycles. The summed E-state index contributed by atoms with van der Waals surface area (Å²) in [5.41, 5.74) is 1.23. The fourth-order valence-electron chi connectivity index (χ4n) is 2.86. The molecule has 4 heteroatoms. The number of amides is 1. The minimum Gasteiger partial charge on any atom is -0.481 e. The van der Waals surface area contributed by atoms with Gasteiger partial charge in [0.1, 0.15) is 5.75 Å². The van der Waals surface area contributed by atoms with Crippen LogP contribution in [0, 0.1) is 0 Å². The molecule has 2 rings (SSSR count). The fraction of sp³-hybridized carbons (Fsp3) is 0.611. The van der Waals surface area contributed by atoms with E-state index in [1.54, 1.807) is 0 Å². The van der Waals surface area contributed by atoms with Gasteiger partial charge in [0, 0.05) is 13.1 Å². The number of ether oxygens (including phenoxy) is 1. The van der Waals surface area contributed by atoms with E-state index >= 15 is 0 Å². The number of nitrogens with one attached hydrogen (secondary N) is 1. The molecule has 1 fully saturated rings. The first-order valence-corrected chi connectivity index (χ1v) is 8.23. The number of piperidine rings is 1. The third-order valence-corrected chi connectivity index (χ3v) is 4.39. The second-order valence-electron chi connectivity index (χ2n) is 6.42. The number of hydrogen-bond donors (Lipinski definition) is 1. The maximum absolute atomic E-state index is 12.5. The highest BCUT2D eigenvalue weighted by atomic mass is 16.5. The second-order valence-corrected chi connectivity index (χ2v) is 6.42. The number of hydrogen-bond acceptors (Lipinski definition) is 3. The Morgan fingerprint density at radius 3 is 2.59 bits per heavy atom. The van der Waals surface area contributed by atoms with E-state index in [9.17, 15) is 4.79 Å². The molecule has 1 heterocycles. The molecule has 0 radical (unpaired) electrons. The number of likely N-dealkylation sites (N-methyl/N-ethyl adjacent to an activating group) is 1. The van der Waals surface area contributed by atoms with Crippen molar-refractivity contribution in [3.05, 3.63) is 29.8 Å². The Hall–Kier alpha value is -1.55. The van der Waals surface area contributed by atoms with E-state index in [1.807, 2.05) is 37.1 Å². The summed E-state index contributed by atoms with van der Waals surface area (Å²) in [5.74, 6) is 1.28. The van der Waals surface area contributed by atoms with Crippen molar-refractivity contribution in [1.82, 2.24) is 10.2 Å². The van der Waals surface area contributed by atoms with Crippen molar-refractivity contribution < 1.29 is 9.53 Å². The zero-order valence-corrected chi connectivity index (χ0v) is 14.1. The Bertz CT molecular complexity index is 496. The predicted octanol–water partition coefficient (Wildman–Crippen LogP) is 2.79. The van der Waals surface area contributed by atoms with Crippen molar-refractivity contribution in [3.63, 3.8) is 0 Å². The van der Waals surface area contributed by atoms with Crippen LogP contribution in [0.25, 0.3) is 0 Å². The van der Waals surface area contributed by atoms with Crippen LogP contribution in [0.1, 0.15) is 45.1 Å². The smallest absolute Gasteiger partial charge is 0.263 e. The SMILES string of the molecule is CC(Oc1cccc(C(C)C)c1)C(=O)N(C)C1CCNCC1. The Kier molecular flexibility index (Phi) is 5.83. The summed E-state index contributed by atoms with van der Waals surface area (Å²) in [6.07, 6.45) is 1.57. The zero-order chi connectivity index (χ0) is 16.1. The van der Waals surface area contributed by atoms with Gasteiger partial charge in [0.25, 0.3) is 5.91 Å². The molecule has 1 aromatic rings. The predicted molar refractivity (Wildman–Crippen MR) is 89.3 cm³/mol. The molecule has 0 bridgehead atoms. The van der Waals surface area contributed by atoms with Gasteiger partial charge in [0.2, 0.25) is 0 Å². The van der Waals surface area contributed by atoms with Gasteiger partial charge in [-0.2, -0.15) is 0 Å². The van der Waals surface area contributed by atoms with Crippen LogP contribution < -0.4 is 10.1 Å². The van der Waals surface area contributed by atoms with Gasteiger partial charge < -0.3 is 15.0 Å². The van der Waals surface area contributed by atoms with Crippen molar-refractivity contribution in [2.45, 2.75) is 51.7 Å². The molecule has 22 heavy (non-hydrogen) atoms. The molecule has 1 aliphatic heterocycles. The maximum atomic E-state index is 12.5. The van der Waals surface area contributed by atoms with E-state index in [1.165, 1.54) is 5.56 Å². The summed E-state index contributed by atoms with van der Waals surface area (Å²) in [4.78, 5) is 14.4. The Morgan fingerprint density at radius 1 is 1.27 bits per heavy atom. The lowest BCUT2D eigenvalue weighted by atomic mass is 10.0. The minimum atomic E-state index is -0.456. The molecule has 1 unspecified atom stereocenters. The van der Waals surface area contributed by atoms with Crippen LogP contribution in [0.3, 0.4) is 0 Å². The molecule has 1 aliphatic rings. The Labute approximate surface area is 133 Å². The summed E-state index contributed by atoms with van der Waals surface area (Å²) < 4.78 is 5.87. The van der Waals surface area contributed by atoms with Crippen molar-refractivity contribution in [2.75, 3.05) is 20.1 Å². The van der Waals surface area contributed by atoms with Crippen LogP contribution in [0.2, 0.25) is 0 Å². The largest absolute Gasteiger partial charge is 0.481 e. The van der Waals surface area contributed by atoms with Crippen molar-refractivity contribution in [1.29, 1.82) is 0 Å². The molecule has 1 N–H and O–H groups in total. The number of rotatable bonds is 5. The molecule has 4 nitrogen and oxygen atoms in total. The van der Waals surface area contributed by atoms with Gasteiger partial charge in [-0.05, 0) is 56.5 Å². The van der Waals surface area contributed by atoms with Gasteiger partial charge in [-0.1, -0.05) is 26.0 Å². The summed E-state index contributed by atoms with van der Waals surface area (Å²) in [7, 11) is 1.89. The van der Waals surface area contributed by atoms with Crippen LogP contribution >= 0.6 is 0 Å². The molecule has 1 aromatic carbocycles. The highest BCUT2D eigenvalue weighted by molar-refractivity contribution is 5.81. The quantitative estimate of drug-likeness (QED) is 0.909. The third-order valence-electron chi connectivity index (χ3n) is 4.39. The summed E-state index contributed by atoms with van der Waals surface area (Å²) in [6.45, 7) is 8.10. The first-order chi connectivity index (χ1) is 10.5. The van der Waals surface area contributed by atoms with E-state index in [-0.39, 0.29) is 5.91 Å². The van der Waals surface area contributed by atoms with Crippen molar-refractivity contribution >= 4 is 5.91 Å². The molecule has 0 aromatic heterocycles. The van der Waals surface area contributed by atoms with Crippen LogP contribution in [-0.4, -0.2) is 43.1 Å². The van der Waals surface area contributed by atoms with Crippen molar-refractivity contribution in [2.24, 2.45) is 0 Å². The standard InChI is InChI=1S/C18H28N2O2/c1-13(2)15-6-5-7-17(12-15)22-14(3)18(21)20(4)16-8-10-19-11-9-16/h5-7,12-14,16,19H,8-11H2,1-4H3. The lowest BCUT2D eigenvalue weighted by Gasteiger charge is -2.33. The van der Waals surface area contributed by atoms with Gasteiger partial charge in [-0.15, -0.1) is 0 Å². The highest BCUT2D eigenvalue weighted by Gasteiger charge is 2.26. The summed E-state index contributed by atoms with van der Waals surface area (Å²) in [6, 6.07) is 8.34. The highest BCUT2D eigenvalue weighted by Crippen LogP contribution is 2.21.